The van der Waals surface area contributed by atoms with Crippen LogP contribution in [0, 0.1) is 5.92 Å². The third-order valence-electron chi connectivity index (χ3n) is 3.84. The van der Waals surface area contributed by atoms with Gasteiger partial charge in [-0.2, -0.15) is 0 Å². The number of nitrogens with two attached hydrogens (primary N) is 1. The summed E-state index contributed by atoms with van der Waals surface area (Å²) in [5.41, 5.74) is 5.59. The Hall–Kier alpha value is -0.120. The van der Waals surface area contributed by atoms with E-state index in [1.54, 1.807) is 0 Å². The molecule has 0 unspecified atom stereocenters. The molecule has 1 aliphatic carbocycles. The van der Waals surface area contributed by atoms with E-state index in [0.29, 0.717) is 0 Å². The fourth-order valence-corrected chi connectivity index (χ4v) is 3.02. The lowest BCUT2D eigenvalue weighted by molar-refractivity contribution is 0.0939. The topological polar surface area (TPSA) is 38.5 Å². The van der Waals surface area contributed by atoms with Gasteiger partial charge in [-0.1, -0.05) is 12.8 Å². The zero-order valence-electron chi connectivity index (χ0n) is 9.66. The Labute approximate surface area is 93.0 Å². The normalized spacial score (nSPS) is 33.4. The smallest absolute Gasteiger partial charge is 0.0593 e. The summed E-state index contributed by atoms with van der Waals surface area (Å²) in [6.07, 6.45) is 6.67. The summed E-state index contributed by atoms with van der Waals surface area (Å²) in [5, 5.41) is 0. The minimum atomic E-state index is 0.785. The maximum atomic E-state index is 5.70. The number of hydrogen-bond acceptors (Lipinski definition) is 3. The largest absolute Gasteiger partial charge is 0.380 e. The van der Waals surface area contributed by atoms with Crippen molar-refractivity contribution in [3.8, 4) is 0 Å². The van der Waals surface area contributed by atoms with E-state index in [4.69, 9.17) is 10.5 Å². The Morgan fingerprint density at radius 3 is 3.00 bits per heavy atom. The van der Waals surface area contributed by atoms with Gasteiger partial charge in [0.1, 0.15) is 0 Å². The molecule has 0 amide bonds. The van der Waals surface area contributed by atoms with Gasteiger partial charge in [-0.3, -0.25) is 4.90 Å². The van der Waals surface area contributed by atoms with Crippen LogP contribution in [0.25, 0.3) is 0 Å². The highest BCUT2D eigenvalue weighted by atomic mass is 16.5. The molecule has 3 heteroatoms. The SMILES string of the molecule is NCCCN1CCOC[C@H]2CCCC[C@H]21. The molecule has 0 aromatic heterocycles. The lowest BCUT2D eigenvalue weighted by Crippen LogP contribution is -2.43. The van der Waals surface area contributed by atoms with Crippen molar-refractivity contribution in [1.29, 1.82) is 0 Å². The number of hydrogen-bond donors (Lipinski definition) is 1. The summed E-state index contributed by atoms with van der Waals surface area (Å²) < 4.78 is 5.70. The van der Waals surface area contributed by atoms with Crippen molar-refractivity contribution in [1.82, 2.24) is 4.90 Å². The maximum absolute atomic E-state index is 5.70. The van der Waals surface area contributed by atoms with Crippen LogP contribution in [-0.2, 0) is 4.74 Å². The van der Waals surface area contributed by atoms with E-state index in [2.05, 4.69) is 4.90 Å². The lowest BCUT2D eigenvalue weighted by atomic mass is 9.84. The first-order valence-electron chi connectivity index (χ1n) is 6.43. The molecule has 88 valence electrons. The predicted octanol–water partition coefficient (Wildman–Crippen LogP) is 1.23. The molecule has 0 aromatic rings. The third-order valence-corrected chi connectivity index (χ3v) is 3.84. The monoisotopic (exact) mass is 212 g/mol. The van der Waals surface area contributed by atoms with Crippen LogP contribution in [0.4, 0.5) is 0 Å². The summed E-state index contributed by atoms with van der Waals surface area (Å²) in [6.45, 7) is 5.00. The number of rotatable bonds is 3. The van der Waals surface area contributed by atoms with Crippen LogP contribution in [0.2, 0.25) is 0 Å². The van der Waals surface area contributed by atoms with E-state index in [-0.39, 0.29) is 0 Å². The molecule has 15 heavy (non-hydrogen) atoms. The number of nitrogens with zero attached hydrogens (tertiary/aromatic N) is 1. The van der Waals surface area contributed by atoms with Crippen molar-refractivity contribution < 1.29 is 4.74 Å². The first-order valence-corrected chi connectivity index (χ1v) is 6.43. The van der Waals surface area contributed by atoms with Crippen LogP contribution < -0.4 is 5.73 Å². The van der Waals surface area contributed by atoms with E-state index < -0.39 is 0 Å². The molecule has 1 saturated heterocycles. The number of ether oxygens (including phenoxy) is 1. The Balaban J connectivity index is 1.93. The van der Waals surface area contributed by atoms with Crippen LogP contribution in [0.3, 0.4) is 0 Å². The van der Waals surface area contributed by atoms with E-state index in [0.717, 1.165) is 44.7 Å². The molecule has 1 aliphatic heterocycles. The lowest BCUT2D eigenvalue weighted by Gasteiger charge is -2.37. The molecule has 2 atom stereocenters. The van der Waals surface area contributed by atoms with Crippen molar-refractivity contribution in [2.24, 2.45) is 11.7 Å². The second-order valence-electron chi connectivity index (χ2n) is 4.86. The van der Waals surface area contributed by atoms with Gasteiger partial charge in [0.25, 0.3) is 0 Å². The molecular formula is C12H24N2O. The summed E-state index contributed by atoms with van der Waals surface area (Å²) in [7, 11) is 0. The molecule has 0 aromatic carbocycles. The van der Waals surface area contributed by atoms with Gasteiger partial charge in [0.05, 0.1) is 13.2 Å². The van der Waals surface area contributed by atoms with Gasteiger partial charge >= 0.3 is 0 Å². The van der Waals surface area contributed by atoms with Crippen molar-refractivity contribution >= 4 is 0 Å². The van der Waals surface area contributed by atoms with E-state index in [9.17, 15) is 0 Å². The first kappa shape index (κ1) is 11.4. The highest BCUT2D eigenvalue weighted by molar-refractivity contribution is 4.85. The summed E-state index contributed by atoms with van der Waals surface area (Å²) >= 11 is 0. The Kier molecular flexibility index (Phi) is 4.42. The first-order chi connectivity index (χ1) is 7.42. The van der Waals surface area contributed by atoms with Crippen LogP contribution in [0.15, 0.2) is 0 Å². The van der Waals surface area contributed by atoms with Crippen LogP contribution in [0.1, 0.15) is 32.1 Å². The van der Waals surface area contributed by atoms with Gasteiger partial charge in [0, 0.05) is 12.6 Å². The second-order valence-corrected chi connectivity index (χ2v) is 4.86. The molecule has 2 fully saturated rings. The minimum absolute atomic E-state index is 0.785. The zero-order chi connectivity index (χ0) is 10.5. The average molecular weight is 212 g/mol. The van der Waals surface area contributed by atoms with Gasteiger partial charge in [0.2, 0.25) is 0 Å². The highest BCUT2D eigenvalue weighted by Crippen LogP contribution is 2.30. The molecule has 1 saturated carbocycles. The Bertz CT molecular complexity index is 186. The van der Waals surface area contributed by atoms with Crippen LogP contribution >= 0.6 is 0 Å². The molecule has 0 bridgehead atoms. The van der Waals surface area contributed by atoms with Crippen LogP contribution in [0.5, 0.6) is 0 Å². The predicted molar refractivity (Wildman–Crippen MR) is 61.8 cm³/mol. The molecule has 2 rings (SSSR count). The van der Waals surface area contributed by atoms with E-state index in [1.165, 1.54) is 32.2 Å². The highest BCUT2D eigenvalue weighted by Gasteiger charge is 2.31. The molecule has 0 radical (unpaired) electrons. The molecular weight excluding hydrogens is 188 g/mol. The summed E-state index contributed by atoms with van der Waals surface area (Å²) in [6, 6.07) is 0.785. The molecule has 3 nitrogen and oxygen atoms in total. The van der Waals surface area contributed by atoms with Gasteiger partial charge in [-0.25, -0.2) is 0 Å². The Morgan fingerprint density at radius 1 is 1.27 bits per heavy atom. The molecule has 2 N–H and O–H groups in total. The van der Waals surface area contributed by atoms with E-state index >= 15 is 0 Å². The average Bonchev–Trinajstić information content (AvgIpc) is 2.49. The molecule has 2 aliphatic rings. The summed E-state index contributed by atoms with van der Waals surface area (Å²) in [5.74, 6) is 0.791. The quantitative estimate of drug-likeness (QED) is 0.764. The second kappa shape index (κ2) is 5.83. The Morgan fingerprint density at radius 2 is 2.13 bits per heavy atom. The van der Waals surface area contributed by atoms with Crippen molar-refractivity contribution in [2.75, 3.05) is 32.8 Å². The van der Waals surface area contributed by atoms with Gasteiger partial charge in [-0.15, -0.1) is 0 Å². The fraction of sp³-hybridized carbons (Fsp3) is 1.00. The van der Waals surface area contributed by atoms with Crippen molar-refractivity contribution in [3.63, 3.8) is 0 Å². The van der Waals surface area contributed by atoms with Gasteiger partial charge < -0.3 is 10.5 Å². The molecule has 0 spiro atoms. The third kappa shape index (κ3) is 2.92. The van der Waals surface area contributed by atoms with Crippen molar-refractivity contribution in [2.45, 2.75) is 38.1 Å². The van der Waals surface area contributed by atoms with Gasteiger partial charge in [-0.05, 0) is 38.3 Å². The minimum Gasteiger partial charge on any atom is -0.380 e. The summed E-state index contributed by atoms with van der Waals surface area (Å²) in [4.78, 5) is 2.63. The van der Waals surface area contributed by atoms with Crippen LogP contribution in [-0.4, -0.2) is 43.8 Å². The fourth-order valence-electron chi connectivity index (χ4n) is 3.02. The van der Waals surface area contributed by atoms with Crippen molar-refractivity contribution in [3.05, 3.63) is 0 Å². The maximum Gasteiger partial charge on any atom is 0.0593 e. The standard InChI is InChI=1S/C12H24N2O/c13-6-3-7-14-8-9-15-10-11-4-1-2-5-12(11)14/h11-12H,1-10,13H2/t11-,12-/m1/s1. The van der Waals surface area contributed by atoms with Gasteiger partial charge in [0.15, 0.2) is 0 Å². The molecule has 1 heterocycles. The zero-order valence-corrected chi connectivity index (χ0v) is 9.66. The number of fused-ring (bicyclic) bond motifs is 1. The van der Waals surface area contributed by atoms with E-state index in [1.807, 2.05) is 0 Å².